The number of anilines is 1. The Kier molecular flexibility index (Phi) is 5.40. The maximum atomic E-state index is 12.0. The van der Waals surface area contributed by atoms with Gasteiger partial charge in [-0.1, -0.05) is 23.1 Å². The van der Waals surface area contributed by atoms with Crippen LogP contribution in [-0.4, -0.2) is 35.6 Å². The van der Waals surface area contributed by atoms with E-state index in [2.05, 4.69) is 15.5 Å². The van der Waals surface area contributed by atoms with Crippen LogP contribution in [0.4, 0.5) is 5.13 Å². The Bertz CT molecular complexity index is 601. The summed E-state index contributed by atoms with van der Waals surface area (Å²) in [6.45, 7) is 1.68. The molecular formula is C13H15N3O3S2. The molecule has 1 amide bonds. The molecule has 1 atom stereocenters. The van der Waals surface area contributed by atoms with Gasteiger partial charge in [0.2, 0.25) is 5.13 Å². The van der Waals surface area contributed by atoms with Gasteiger partial charge in [-0.05, 0) is 37.4 Å². The third kappa shape index (κ3) is 4.33. The van der Waals surface area contributed by atoms with Crippen molar-refractivity contribution in [1.82, 2.24) is 10.2 Å². The lowest BCUT2D eigenvalue weighted by Crippen LogP contribution is -2.30. The van der Waals surface area contributed by atoms with Gasteiger partial charge in [0.1, 0.15) is 11.5 Å². The van der Waals surface area contributed by atoms with Gasteiger partial charge >= 0.3 is 0 Å². The average molecular weight is 325 g/mol. The minimum Gasteiger partial charge on any atom is -0.497 e. The van der Waals surface area contributed by atoms with Crippen LogP contribution in [0.3, 0.4) is 0 Å². The number of methoxy groups -OCH3 is 1. The topological polar surface area (TPSA) is 73.3 Å². The Labute approximate surface area is 130 Å². The van der Waals surface area contributed by atoms with E-state index in [0.29, 0.717) is 10.9 Å². The lowest BCUT2D eigenvalue weighted by Gasteiger charge is -2.13. The van der Waals surface area contributed by atoms with Gasteiger partial charge in [-0.15, -0.1) is 10.2 Å². The summed E-state index contributed by atoms with van der Waals surface area (Å²) in [6, 6.07) is 7.05. The Hall–Kier alpha value is -1.80. The molecule has 0 unspecified atom stereocenters. The maximum Gasteiger partial charge on any atom is 0.266 e. The van der Waals surface area contributed by atoms with Crippen molar-refractivity contribution in [3.63, 3.8) is 0 Å². The van der Waals surface area contributed by atoms with Crippen LogP contribution >= 0.6 is 23.1 Å². The molecule has 21 heavy (non-hydrogen) atoms. The second kappa shape index (κ2) is 7.28. The van der Waals surface area contributed by atoms with Crippen molar-refractivity contribution in [2.24, 2.45) is 0 Å². The number of nitrogens with one attached hydrogen (secondary N) is 1. The van der Waals surface area contributed by atoms with Crippen LogP contribution in [0.2, 0.25) is 0 Å². The molecule has 1 heterocycles. The predicted octanol–water partition coefficient (Wildman–Crippen LogP) is 2.67. The van der Waals surface area contributed by atoms with Gasteiger partial charge in [0, 0.05) is 0 Å². The smallest absolute Gasteiger partial charge is 0.266 e. The van der Waals surface area contributed by atoms with E-state index in [4.69, 9.17) is 9.47 Å². The number of carbonyl (C=O) groups is 1. The number of carbonyl (C=O) groups excluding carboxylic acids is 1. The first-order valence-corrected chi connectivity index (χ1v) is 8.15. The zero-order valence-electron chi connectivity index (χ0n) is 11.8. The van der Waals surface area contributed by atoms with Crippen LogP contribution in [0.15, 0.2) is 28.6 Å². The van der Waals surface area contributed by atoms with Crippen LogP contribution in [0.25, 0.3) is 0 Å². The molecule has 0 aliphatic heterocycles. The van der Waals surface area contributed by atoms with Crippen molar-refractivity contribution in [2.75, 3.05) is 18.7 Å². The summed E-state index contributed by atoms with van der Waals surface area (Å²) in [5, 5.41) is 10.9. The van der Waals surface area contributed by atoms with E-state index in [1.807, 2.05) is 6.26 Å². The number of benzene rings is 1. The summed E-state index contributed by atoms with van der Waals surface area (Å²) in [7, 11) is 1.59. The van der Waals surface area contributed by atoms with E-state index in [1.54, 1.807) is 38.3 Å². The van der Waals surface area contributed by atoms with E-state index in [-0.39, 0.29) is 5.91 Å². The molecule has 0 saturated heterocycles. The fourth-order valence-corrected chi connectivity index (χ4v) is 2.63. The highest BCUT2D eigenvalue weighted by atomic mass is 32.2. The summed E-state index contributed by atoms with van der Waals surface area (Å²) in [5.41, 5.74) is 0. The number of nitrogens with zero attached hydrogens (tertiary/aromatic N) is 2. The molecule has 0 radical (unpaired) electrons. The highest BCUT2D eigenvalue weighted by Crippen LogP contribution is 2.23. The van der Waals surface area contributed by atoms with Crippen LogP contribution in [0.1, 0.15) is 6.92 Å². The normalized spacial score (nSPS) is 11.8. The summed E-state index contributed by atoms with van der Waals surface area (Å²) >= 11 is 2.81. The highest BCUT2D eigenvalue weighted by molar-refractivity contribution is 8.00. The fourth-order valence-electron chi connectivity index (χ4n) is 1.46. The lowest BCUT2D eigenvalue weighted by atomic mass is 10.3. The van der Waals surface area contributed by atoms with Crippen molar-refractivity contribution in [3.05, 3.63) is 24.3 Å². The van der Waals surface area contributed by atoms with Gasteiger partial charge in [0.05, 0.1) is 7.11 Å². The molecule has 0 aliphatic rings. The number of ether oxygens (including phenoxy) is 2. The Balaban J connectivity index is 1.92. The Morgan fingerprint density at radius 1 is 1.29 bits per heavy atom. The highest BCUT2D eigenvalue weighted by Gasteiger charge is 2.17. The molecule has 0 fully saturated rings. The number of hydrogen-bond acceptors (Lipinski definition) is 7. The number of hydrogen-bond donors (Lipinski definition) is 1. The van der Waals surface area contributed by atoms with Crippen molar-refractivity contribution in [3.8, 4) is 11.5 Å². The van der Waals surface area contributed by atoms with Crippen LogP contribution in [0.5, 0.6) is 11.5 Å². The molecule has 0 aliphatic carbocycles. The van der Waals surface area contributed by atoms with Gasteiger partial charge < -0.3 is 9.47 Å². The van der Waals surface area contributed by atoms with E-state index < -0.39 is 6.10 Å². The largest absolute Gasteiger partial charge is 0.497 e. The first-order chi connectivity index (χ1) is 10.1. The maximum absolute atomic E-state index is 12.0. The van der Waals surface area contributed by atoms with Crippen LogP contribution in [0, 0.1) is 0 Å². The van der Waals surface area contributed by atoms with Gasteiger partial charge in [-0.25, -0.2) is 0 Å². The average Bonchev–Trinajstić information content (AvgIpc) is 2.95. The first-order valence-electron chi connectivity index (χ1n) is 6.11. The number of rotatable bonds is 6. The monoisotopic (exact) mass is 325 g/mol. The van der Waals surface area contributed by atoms with Crippen molar-refractivity contribution >= 4 is 34.1 Å². The molecular weight excluding hydrogens is 310 g/mol. The molecule has 1 N–H and O–H groups in total. The molecule has 0 bridgehead atoms. The standard InChI is InChI=1S/C13H15N3O3S2/c1-8(19-10-6-4-9(18-2)5-7-10)11(17)14-12-15-16-13(20-3)21-12/h4-8H,1-3H3,(H,14,15,17)/t8-/m0/s1. The number of aromatic nitrogens is 2. The third-order valence-corrected chi connectivity index (χ3v) is 4.37. The molecule has 1 aromatic heterocycles. The van der Waals surface area contributed by atoms with Crippen molar-refractivity contribution < 1.29 is 14.3 Å². The zero-order chi connectivity index (χ0) is 15.2. The molecule has 112 valence electrons. The Morgan fingerprint density at radius 3 is 2.52 bits per heavy atom. The zero-order valence-corrected chi connectivity index (χ0v) is 13.5. The van der Waals surface area contributed by atoms with E-state index in [1.165, 1.54) is 23.1 Å². The van der Waals surface area contributed by atoms with Gasteiger partial charge in [0.15, 0.2) is 10.4 Å². The predicted molar refractivity (Wildman–Crippen MR) is 83.4 cm³/mol. The Morgan fingerprint density at radius 2 is 1.95 bits per heavy atom. The van der Waals surface area contributed by atoms with E-state index in [9.17, 15) is 4.79 Å². The molecule has 6 nitrogen and oxygen atoms in total. The SMILES string of the molecule is COc1ccc(O[C@@H](C)C(=O)Nc2nnc(SC)s2)cc1. The summed E-state index contributed by atoms with van der Waals surface area (Å²) < 4.78 is 11.4. The summed E-state index contributed by atoms with van der Waals surface area (Å²) in [6.07, 6.45) is 1.27. The first kappa shape index (κ1) is 15.6. The van der Waals surface area contributed by atoms with Crippen molar-refractivity contribution in [2.45, 2.75) is 17.4 Å². The minimum absolute atomic E-state index is 0.269. The fraction of sp³-hybridized carbons (Fsp3) is 0.308. The molecule has 0 saturated carbocycles. The number of thioether (sulfide) groups is 1. The molecule has 8 heteroatoms. The second-order valence-electron chi connectivity index (χ2n) is 4.00. The lowest BCUT2D eigenvalue weighted by molar-refractivity contribution is -0.122. The second-order valence-corrected chi connectivity index (χ2v) is 6.03. The van der Waals surface area contributed by atoms with Gasteiger partial charge in [-0.2, -0.15) is 0 Å². The molecule has 2 rings (SSSR count). The van der Waals surface area contributed by atoms with Gasteiger partial charge in [0.25, 0.3) is 5.91 Å². The van der Waals surface area contributed by atoms with Crippen LogP contribution in [-0.2, 0) is 4.79 Å². The summed E-state index contributed by atoms with van der Waals surface area (Å²) in [4.78, 5) is 12.0. The number of amides is 1. The molecule has 1 aromatic carbocycles. The minimum atomic E-state index is -0.639. The van der Waals surface area contributed by atoms with Crippen molar-refractivity contribution in [1.29, 1.82) is 0 Å². The van der Waals surface area contributed by atoms with E-state index >= 15 is 0 Å². The molecule has 2 aromatic rings. The quantitative estimate of drug-likeness (QED) is 0.650. The van der Waals surface area contributed by atoms with E-state index in [0.717, 1.165) is 10.1 Å². The van der Waals surface area contributed by atoms with Gasteiger partial charge in [-0.3, -0.25) is 10.1 Å². The molecule has 0 spiro atoms. The summed E-state index contributed by atoms with van der Waals surface area (Å²) in [5.74, 6) is 1.06. The third-order valence-electron chi connectivity index (χ3n) is 2.55. The van der Waals surface area contributed by atoms with Crippen LogP contribution < -0.4 is 14.8 Å².